The molecule has 0 saturated heterocycles. The van der Waals surface area contributed by atoms with E-state index in [0.29, 0.717) is 12.2 Å². The molecule has 6 heteroatoms. The summed E-state index contributed by atoms with van der Waals surface area (Å²) in [4.78, 5) is 0.261. The first-order valence-electron chi connectivity index (χ1n) is 5.49. The van der Waals surface area contributed by atoms with Gasteiger partial charge in [-0.15, -0.1) is 0 Å². The fourth-order valence-electron chi connectivity index (χ4n) is 1.77. The van der Waals surface area contributed by atoms with Gasteiger partial charge in [-0.2, -0.15) is 13.2 Å². The van der Waals surface area contributed by atoms with Crippen molar-refractivity contribution in [2.45, 2.75) is 12.7 Å². The molecule has 1 heterocycles. The highest BCUT2D eigenvalue weighted by molar-refractivity contribution is 7.80. The fraction of sp³-hybridized carbons (Fsp3) is 0.154. The lowest BCUT2D eigenvalue weighted by atomic mass is 10.1. The summed E-state index contributed by atoms with van der Waals surface area (Å²) in [6.07, 6.45) is -2.53. The lowest BCUT2D eigenvalue weighted by Gasteiger charge is -2.10. The predicted molar refractivity (Wildman–Crippen MR) is 70.9 cm³/mol. The maximum Gasteiger partial charge on any atom is 0.416 e. The van der Waals surface area contributed by atoms with Crippen LogP contribution < -0.4 is 5.73 Å². The van der Waals surface area contributed by atoms with Gasteiger partial charge in [0.1, 0.15) is 4.99 Å². The van der Waals surface area contributed by atoms with Crippen LogP contribution in [0.3, 0.4) is 0 Å². The highest BCUT2D eigenvalue weighted by Crippen LogP contribution is 2.29. The van der Waals surface area contributed by atoms with Crippen LogP contribution in [0, 0.1) is 0 Å². The molecule has 0 aliphatic rings. The molecule has 0 fully saturated rings. The van der Waals surface area contributed by atoms with E-state index in [4.69, 9.17) is 18.0 Å². The largest absolute Gasteiger partial charge is 0.416 e. The molecular weight excluding hydrogens is 273 g/mol. The molecule has 19 heavy (non-hydrogen) atoms. The van der Waals surface area contributed by atoms with E-state index in [1.54, 1.807) is 22.9 Å². The van der Waals surface area contributed by atoms with Crippen molar-refractivity contribution in [3.05, 3.63) is 59.4 Å². The second kappa shape index (κ2) is 5.05. The van der Waals surface area contributed by atoms with Gasteiger partial charge in [0, 0.05) is 12.7 Å². The molecule has 0 radical (unpaired) electrons. The van der Waals surface area contributed by atoms with Gasteiger partial charge >= 0.3 is 6.18 Å². The van der Waals surface area contributed by atoms with E-state index in [0.717, 1.165) is 17.7 Å². The topological polar surface area (TPSA) is 30.9 Å². The summed E-state index contributed by atoms with van der Waals surface area (Å²) in [7, 11) is 0. The number of hydrogen-bond acceptors (Lipinski definition) is 1. The van der Waals surface area contributed by atoms with Gasteiger partial charge in [0.2, 0.25) is 0 Å². The van der Waals surface area contributed by atoms with Crippen molar-refractivity contribution in [1.29, 1.82) is 0 Å². The van der Waals surface area contributed by atoms with Crippen molar-refractivity contribution in [2.24, 2.45) is 5.73 Å². The average Bonchev–Trinajstić information content (AvgIpc) is 2.77. The van der Waals surface area contributed by atoms with Gasteiger partial charge in [-0.3, -0.25) is 0 Å². The molecule has 0 saturated carbocycles. The molecule has 0 bridgehead atoms. The normalized spacial score (nSPS) is 11.5. The monoisotopic (exact) mass is 284 g/mol. The van der Waals surface area contributed by atoms with E-state index in [1.165, 1.54) is 12.1 Å². The number of nitrogens with two attached hydrogens (primary N) is 1. The third kappa shape index (κ3) is 3.14. The maximum atomic E-state index is 12.4. The average molecular weight is 284 g/mol. The number of hydrogen-bond donors (Lipinski definition) is 1. The highest BCUT2D eigenvalue weighted by atomic mass is 32.1. The van der Waals surface area contributed by atoms with Crippen LogP contribution in [0.1, 0.15) is 16.8 Å². The highest BCUT2D eigenvalue weighted by Gasteiger charge is 2.29. The lowest BCUT2D eigenvalue weighted by Crippen LogP contribution is -2.15. The second-order valence-electron chi connectivity index (χ2n) is 4.08. The van der Waals surface area contributed by atoms with Crippen molar-refractivity contribution in [3.8, 4) is 0 Å². The van der Waals surface area contributed by atoms with Crippen LogP contribution in [0.4, 0.5) is 13.2 Å². The van der Waals surface area contributed by atoms with Gasteiger partial charge in [0.25, 0.3) is 0 Å². The zero-order valence-corrected chi connectivity index (χ0v) is 10.6. The van der Waals surface area contributed by atoms with Gasteiger partial charge in [0.15, 0.2) is 0 Å². The van der Waals surface area contributed by atoms with Gasteiger partial charge in [-0.25, -0.2) is 0 Å². The first-order valence-corrected chi connectivity index (χ1v) is 5.90. The number of rotatable bonds is 3. The minimum Gasteiger partial charge on any atom is -0.388 e. The Morgan fingerprint density at radius 2 is 1.79 bits per heavy atom. The zero-order valence-electron chi connectivity index (χ0n) is 9.82. The molecular formula is C13H11F3N2S. The number of thiocarbonyl (C=S) groups is 1. The van der Waals surface area contributed by atoms with E-state index >= 15 is 0 Å². The third-order valence-corrected chi connectivity index (χ3v) is 2.93. The van der Waals surface area contributed by atoms with E-state index in [2.05, 4.69) is 0 Å². The van der Waals surface area contributed by atoms with Crippen LogP contribution in [0.5, 0.6) is 0 Å². The number of aromatic nitrogens is 1. The Kier molecular flexibility index (Phi) is 3.61. The molecule has 0 aliphatic carbocycles. The molecule has 2 aromatic rings. The molecule has 2 rings (SSSR count). The molecule has 0 spiro atoms. The molecule has 100 valence electrons. The Labute approximate surface area is 113 Å². The van der Waals surface area contributed by atoms with Crippen LogP contribution in [-0.4, -0.2) is 9.56 Å². The SMILES string of the molecule is NC(=S)c1cccn1Cc1ccc(C(F)(F)F)cc1. The van der Waals surface area contributed by atoms with Gasteiger partial charge < -0.3 is 10.3 Å². The van der Waals surface area contributed by atoms with E-state index in [9.17, 15) is 13.2 Å². The minimum atomic E-state index is -4.31. The van der Waals surface area contributed by atoms with Crippen LogP contribution in [0.15, 0.2) is 42.6 Å². The molecule has 1 aromatic carbocycles. The molecule has 1 aromatic heterocycles. The Balaban J connectivity index is 2.20. The molecule has 0 atom stereocenters. The van der Waals surface area contributed by atoms with Crippen molar-refractivity contribution < 1.29 is 13.2 Å². The number of benzene rings is 1. The van der Waals surface area contributed by atoms with Crippen LogP contribution >= 0.6 is 12.2 Å². The van der Waals surface area contributed by atoms with E-state index in [1.807, 2.05) is 0 Å². The van der Waals surface area contributed by atoms with Crippen LogP contribution in [-0.2, 0) is 12.7 Å². The molecule has 0 aliphatic heterocycles. The maximum absolute atomic E-state index is 12.4. The summed E-state index contributed by atoms with van der Waals surface area (Å²) in [6, 6.07) is 8.60. The summed E-state index contributed by atoms with van der Waals surface area (Å²) >= 11 is 4.90. The minimum absolute atomic E-state index is 0.261. The number of alkyl halides is 3. The molecule has 0 amide bonds. The van der Waals surface area contributed by atoms with Crippen LogP contribution in [0.25, 0.3) is 0 Å². The number of halogens is 3. The quantitative estimate of drug-likeness (QED) is 0.878. The Hall–Kier alpha value is -1.82. The van der Waals surface area contributed by atoms with Crippen molar-refractivity contribution in [2.75, 3.05) is 0 Å². The van der Waals surface area contributed by atoms with E-state index in [-0.39, 0.29) is 4.99 Å². The summed E-state index contributed by atoms with van der Waals surface area (Å²) in [5.41, 5.74) is 6.34. The number of nitrogens with zero attached hydrogens (tertiary/aromatic N) is 1. The smallest absolute Gasteiger partial charge is 0.388 e. The van der Waals surface area contributed by atoms with Crippen molar-refractivity contribution in [3.63, 3.8) is 0 Å². The molecule has 2 nitrogen and oxygen atoms in total. The molecule has 0 unspecified atom stereocenters. The van der Waals surface area contributed by atoms with Crippen LogP contribution in [0.2, 0.25) is 0 Å². The standard InChI is InChI=1S/C13H11F3N2S/c14-13(15,16)10-5-3-9(4-6-10)8-18-7-1-2-11(18)12(17)19/h1-7H,8H2,(H2,17,19). The first-order chi connectivity index (χ1) is 8.88. The van der Waals surface area contributed by atoms with Gasteiger partial charge in [0.05, 0.1) is 11.3 Å². The van der Waals surface area contributed by atoms with Gasteiger partial charge in [-0.05, 0) is 29.8 Å². The summed E-state index contributed by atoms with van der Waals surface area (Å²) in [5.74, 6) is 0. The Bertz CT molecular complexity index is 585. The van der Waals surface area contributed by atoms with E-state index < -0.39 is 11.7 Å². The first kappa shape index (κ1) is 13.6. The van der Waals surface area contributed by atoms with Crippen molar-refractivity contribution in [1.82, 2.24) is 4.57 Å². The second-order valence-corrected chi connectivity index (χ2v) is 4.52. The lowest BCUT2D eigenvalue weighted by molar-refractivity contribution is -0.137. The summed E-state index contributed by atoms with van der Waals surface area (Å²) < 4.78 is 39.1. The predicted octanol–water partition coefficient (Wildman–Crippen LogP) is 3.19. The fourth-order valence-corrected chi connectivity index (χ4v) is 1.96. The molecule has 2 N–H and O–H groups in total. The Morgan fingerprint density at radius 1 is 1.16 bits per heavy atom. The summed E-state index contributed by atoms with van der Waals surface area (Å²) in [6.45, 7) is 0.428. The Morgan fingerprint density at radius 3 is 2.32 bits per heavy atom. The zero-order chi connectivity index (χ0) is 14.0. The third-order valence-electron chi connectivity index (χ3n) is 2.72. The van der Waals surface area contributed by atoms with Gasteiger partial charge in [-0.1, -0.05) is 24.4 Å². The summed E-state index contributed by atoms with van der Waals surface area (Å²) in [5, 5.41) is 0. The van der Waals surface area contributed by atoms with Crippen molar-refractivity contribution >= 4 is 17.2 Å².